The molecule has 7 nitrogen and oxygen atoms in total. The predicted molar refractivity (Wildman–Crippen MR) is 107 cm³/mol. The monoisotopic (exact) mass is 379 g/mol. The minimum Gasteiger partial charge on any atom is -0.497 e. The Morgan fingerprint density at radius 3 is 2.78 bits per heavy atom. The van der Waals surface area contributed by atoms with Crippen molar-refractivity contribution in [3.05, 3.63) is 23.8 Å². The number of guanidine groups is 1. The van der Waals surface area contributed by atoms with Gasteiger partial charge >= 0.3 is 0 Å². The van der Waals surface area contributed by atoms with E-state index in [0.717, 1.165) is 75.0 Å². The van der Waals surface area contributed by atoms with Gasteiger partial charge in [0.15, 0.2) is 5.96 Å². The largest absolute Gasteiger partial charge is 0.497 e. The van der Waals surface area contributed by atoms with Gasteiger partial charge in [0.05, 0.1) is 26.9 Å². The standard InChI is InChI=1S/C20H33N3O4/c1-21-20(22-10-5-12-26-15-18-6-4-13-27-18)23-11-9-16-14-17(24-2)7-8-19(16)25-3/h7-8,14,18H,4-6,9-13,15H2,1-3H3,(H2,21,22,23). The van der Waals surface area contributed by atoms with Crippen molar-refractivity contribution in [3.8, 4) is 11.5 Å². The molecule has 2 rings (SSSR count). The molecule has 0 spiro atoms. The smallest absolute Gasteiger partial charge is 0.190 e. The summed E-state index contributed by atoms with van der Waals surface area (Å²) in [5, 5.41) is 6.63. The fourth-order valence-corrected chi connectivity index (χ4v) is 2.99. The van der Waals surface area contributed by atoms with E-state index >= 15 is 0 Å². The van der Waals surface area contributed by atoms with Gasteiger partial charge in [0, 0.05) is 33.4 Å². The maximum atomic E-state index is 5.67. The maximum Gasteiger partial charge on any atom is 0.190 e. The fraction of sp³-hybridized carbons (Fsp3) is 0.650. The average Bonchev–Trinajstić information content (AvgIpc) is 3.22. The summed E-state index contributed by atoms with van der Waals surface area (Å²) in [5.74, 6) is 2.48. The van der Waals surface area contributed by atoms with Gasteiger partial charge in [-0.1, -0.05) is 0 Å². The van der Waals surface area contributed by atoms with Crippen molar-refractivity contribution in [2.45, 2.75) is 31.8 Å². The Hall–Kier alpha value is -1.99. The second-order valence-electron chi connectivity index (χ2n) is 6.42. The van der Waals surface area contributed by atoms with Crippen LogP contribution in [-0.2, 0) is 15.9 Å². The molecule has 1 unspecified atom stereocenters. The van der Waals surface area contributed by atoms with Crippen LogP contribution in [0.2, 0.25) is 0 Å². The lowest BCUT2D eigenvalue weighted by Gasteiger charge is -2.14. The van der Waals surface area contributed by atoms with Crippen LogP contribution in [0.15, 0.2) is 23.2 Å². The van der Waals surface area contributed by atoms with Gasteiger partial charge in [-0.15, -0.1) is 0 Å². The number of benzene rings is 1. The molecule has 2 N–H and O–H groups in total. The summed E-state index contributed by atoms with van der Waals surface area (Å²) in [7, 11) is 5.12. The molecule has 0 aromatic heterocycles. The van der Waals surface area contributed by atoms with Crippen LogP contribution in [0, 0.1) is 0 Å². The highest BCUT2D eigenvalue weighted by Crippen LogP contribution is 2.24. The molecule has 0 amide bonds. The Balaban J connectivity index is 1.61. The zero-order chi connectivity index (χ0) is 19.3. The Bertz CT molecular complexity index is 574. The van der Waals surface area contributed by atoms with Crippen molar-refractivity contribution in [1.82, 2.24) is 10.6 Å². The number of ether oxygens (including phenoxy) is 4. The molecule has 7 heteroatoms. The third-order valence-corrected chi connectivity index (χ3v) is 4.48. The summed E-state index contributed by atoms with van der Waals surface area (Å²) in [5.41, 5.74) is 1.10. The average molecular weight is 380 g/mol. The van der Waals surface area contributed by atoms with Crippen molar-refractivity contribution in [2.75, 3.05) is 54.2 Å². The summed E-state index contributed by atoms with van der Waals surface area (Å²) in [4.78, 5) is 4.25. The Morgan fingerprint density at radius 2 is 2.07 bits per heavy atom. The molecular weight excluding hydrogens is 346 g/mol. The van der Waals surface area contributed by atoms with E-state index in [2.05, 4.69) is 15.6 Å². The fourth-order valence-electron chi connectivity index (χ4n) is 2.99. The Kier molecular flexibility index (Phi) is 9.79. The van der Waals surface area contributed by atoms with Crippen molar-refractivity contribution in [3.63, 3.8) is 0 Å². The van der Waals surface area contributed by atoms with Crippen LogP contribution in [0.4, 0.5) is 0 Å². The van der Waals surface area contributed by atoms with E-state index in [1.54, 1.807) is 21.3 Å². The lowest BCUT2D eigenvalue weighted by Crippen LogP contribution is -2.39. The topological polar surface area (TPSA) is 73.3 Å². The van der Waals surface area contributed by atoms with Crippen LogP contribution in [0.5, 0.6) is 11.5 Å². The highest BCUT2D eigenvalue weighted by molar-refractivity contribution is 5.79. The van der Waals surface area contributed by atoms with Crippen LogP contribution in [0.1, 0.15) is 24.8 Å². The molecule has 1 saturated heterocycles. The van der Waals surface area contributed by atoms with E-state index in [9.17, 15) is 0 Å². The van der Waals surface area contributed by atoms with Crippen molar-refractivity contribution >= 4 is 5.96 Å². The molecule has 0 radical (unpaired) electrons. The summed E-state index contributed by atoms with van der Waals surface area (Å²) in [6.07, 6.45) is 4.30. The minimum absolute atomic E-state index is 0.293. The first-order valence-electron chi connectivity index (χ1n) is 9.61. The number of hydrogen-bond acceptors (Lipinski definition) is 5. The highest BCUT2D eigenvalue weighted by atomic mass is 16.5. The molecule has 0 saturated carbocycles. The third kappa shape index (κ3) is 7.64. The summed E-state index contributed by atoms with van der Waals surface area (Å²) >= 11 is 0. The predicted octanol–water partition coefficient (Wildman–Crippen LogP) is 2.00. The van der Waals surface area contributed by atoms with Crippen LogP contribution >= 0.6 is 0 Å². The molecule has 1 fully saturated rings. The van der Waals surface area contributed by atoms with Gasteiger partial charge < -0.3 is 29.6 Å². The molecule has 0 aliphatic carbocycles. The van der Waals surface area contributed by atoms with E-state index in [1.807, 2.05) is 18.2 Å². The minimum atomic E-state index is 0.293. The first kappa shape index (κ1) is 21.3. The van der Waals surface area contributed by atoms with E-state index in [-0.39, 0.29) is 0 Å². The first-order valence-corrected chi connectivity index (χ1v) is 9.61. The van der Waals surface area contributed by atoms with Gasteiger partial charge in [-0.25, -0.2) is 0 Å². The third-order valence-electron chi connectivity index (χ3n) is 4.48. The quantitative estimate of drug-likeness (QED) is 0.348. The van der Waals surface area contributed by atoms with Gasteiger partial charge in [-0.05, 0) is 49.4 Å². The summed E-state index contributed by atoms with van der Waals surface area (Å²) in [6, 6.07) is 5.83. The zero-order valence-electron chi connectivity index (χ0n) is 16.8. The molecule has 27 heavy (non-hydrogen) atoms. The number of nitrogens with one attached hydrogen (secondary N) is 2. The normalized spacial score (nSPS) is 17.0. The second-order valence-corrected chi connectivity index (χ2v) is 6.42. The van der Waals surface area contributed by atoms with Gasteiger partial charge in [0.25, 0.3) is 0 Å². The maximum absolute atomic E-state index is 5.67. The molecule has 1 aromatic rings. The summed E-state index contributed by atoms with van der Waals surface area (Å²) in [6.45, 7) is 3.87. The van der Waals surface area contributed by atoms with Crippen molar-refractivity contribution < 1.29 is 18.9 Å². The number of nitrogens with zero attached hydrogens (tertiary/aromatic N) is 1. The zero-order valence-corrected chi connectivity index (χ0v) is 16.8. The molecule has 152 valence electrons. The van der Waals surface area contributed by atoms with Crippen LogP contribution in [0.25, 0.3) is 0 Å². The molecule has 1 atom stereocenters. The van der Waals surface area contributed by atoms with Crippen LogP contribution < -0.4 is 20.1 Å². The van der Waals surface area contributed by atoms with Crippen molar-refractivity contribution in [2.24, 2.45) is 4.99 Å². The van der Waals surface area contributed by atoms with Crippen LogP contribution in [0.3, 0.4) is 0 Å². The molecule has 1 aromatic carbocycles. The van der Waals surface area contributed by atoms with E-state index < -0.39 is 0 Å². The number of aliphatic imine (C=N–C) groups is 1. The SMILES string of the molecule is CN=C(NCCCOCC1CCCO1)NCCc1cc(OC)ccc1OC. The Labute approximate surface area is 162 Å². The van der Waals surface area contributed by atoms with Gasteiger partial charge in [0.2, 0.25) is 0 Å². The first-order chi connectivity index (χ1) is 13.3. The number of rotatable bonds is 11. The van der Waals surface area contributed by atoms with Crippen LogP contribution in [-0.4, -0.2) is 66.2 Å². The molecule has 1 aliphatic rings. The molecule has 1 heterocycles. The van der Waals surface area contributed by atoms with Gasteiger partial charge in [-0.2, -0.15) is 0 Å². The lowest BCUT2D eigenvalue weighted by molar-refractivity contribution is 0.0168. The van der Waals surface area contributed by atoms with E-state index in [4.69, 9.17) is 18.9 Å². The van der Waals surface area contributed by atoms with E-state index in [0.29, 0.717) is 12.7 Å². The second kappa shape index (κ2) is 12.4. The van der Waals surface area contributed by atoms with Crippen molar-refractivity contribution in [1.29, 1.82) is 0 Å². The molecule has 0 bridgehead atoms. The lowest BCUT2D eigenvalue weighted by atomic mass is 10.1. The molecule has 1 aliphatic heterocycles. The summed E-state index contributed by atoms with van der Waals surface area (Å²) < 4.78 is 21.9. The number of hydrogen-bond donors (Lipinski definition) is 2. The van der Waals surface area contributed by atoms with E-state index in [1.165, 1.54) is 0 Å². The molecular formula is C20H33N3O4. The van der Waals surface area contributed by atoms with Gasteiger partial charge in [0.1, 0.15) is 11.5 Å². The number of methoxy groups -OCH3 is 2. The highest BCUT2D eigenvalue weighted by Gasteiger charge is 2.14. The van der Waals surface area contributed by atoms with Gasteiger partial charge in [-0.3, -0.25) is 4.99 Å². The Morgan fingerprint density at radius 1 is 1.22 bits per heavy atom.